The van der Waals surface area contributed by atoms with Gasteiger partial charge in [-0.1, -0.05) is 17.7 Å². The number of nitro benzene ring substituents is 1. The lowest BCUT2D eigenvalue weighted by atomic mass is 9.98. The van der Waals surface area contributed by atoms with Gasteiger partial charge in [-0.3, -0.25) is 19.8 Å². The van der Waals surface area contributed by atoms with Gasteiger partial charge in [-0.25, -0.2) is 13.1 Å². The highest BCUT2D eigenvalue weighted by Crippen LogP contribution is 2.29. The SMILES string of the molecule is COc1cc([N+](=O)[O-])ccc1NC(=O)CN1CCCC(CNS(=O)(=O)c2ccc(C)cc2)C1. The zero-order valence-electron chi connectivity index (χ0n) is 18.6. The fourth-order valence-electron chi connectivity index (χ4n) is 3.78. The summed E-state index contributed by atoms with van der Waals surface area (Å²) in [6.45, 7) is 3.63. The molecule has 0 aliphatic carbocycles. The second-order valence-corrected chi connectivity index (χ2v) is 9.87. The maximum absolute atomic E-state index is 12.6. The van der Waals surface area contributed by atoms with E-state index in [0.717, 1.165) is 24.9 Å². The Balaban J connectivity index is 1.54. The first-order valence-electron chi connectivity index (χ1n) is 10.6. The van der Waals surface area contributed by atoms with Crippen LogP contribution in [0.2, 0.25) is 0 Å². The summed E-state index contributed by atoms with van der Waals surface area (Å²) >= 11 is 0. The van der Waals surface area contributed by atoms with Gasteiger partial charge in [0.05, 0.1) is 35.2 Å². The number of nitro groups is 1. The number of benzene rings is 2. The number of hydrogen-bond donors (Lipinski definition) is 2. The highest BCUT2D eigenvalue weighted by Gasteiger charge is 2.24. The van der Waals surface area contributed by atoms with Crippen molar-refractivity contribution in [3.05, 3.63) is 58.1 Å². The van der Waals surface area contributed by atoms with E-state index in [1.165, 1.54) is 25.3 Å². The number of rotatable bonds is 9. The predicted molar refractivity (Wildman–Crippen MR) is 124 cm³/mol. The predicted octanol–water partition coefficient (Wildman–Crippen LogP) is 2.54. The lowest BCUT2D eigenvalue weighted by Crippen LogP contribution is -2.43. The quantitative estimate of drug-likeness (QED) is 0.420. The minimum absolute atomic E-state index is 0.0840. The molecule has 0 spiro atoms. The molecule has 2 N–H and O–H groups in total. The number of piperidine rings is 1. The van der Waals surface area contributed by atoms with E-state index in [9.17, 15) is 23.3 Å². The van der Waals surface area contributed by atoms with Crippen LogP contribution in [0, 0.1) is 23.0 Å². The second kappa shape index (κ2) is 10.7. The lowest BCUT2D eigenvalue weighted by molar-refractivity contribution is -0.384. The monoisotopic (exact) mass is 476 g/mol. The summed E-state index contributed by atoms with van der Waals surface area (Å²) in [5.41, 5.74) is 1.21. The number of carbonyl (C=O) groups excluding carboxylic acids is 1. The largest absolute Gasteiger partial charge is 0.494 e. The molecule has 2 aromatic carbocycles. The molecule has 1 heterocycles. The number of anilines is 1. The molecule has 1 amide bonds. The summed E-state index contributed by atoms with van der Waals surface area (Å²) in [6.07, 6.45) is 1.72. The molecule has 178 valence electrons. The Hall–Kier alpha value is -3.02. The van der Waals surface area contributed by atoms with Crippen molar-refractivity contribution in [3.8, 4) is 5.75 Å². The van der Waals surface area contributed by atoms with Crippen LogP contribution in [0.25, 0.3) is 0 Å². The summed E-state index contributed by atoms with van der Waals surface area (Å²) < 4.78 is 32.9. The Morgan fingerprint density at radius 2 is 1.97 bits per heavy atom. The average molecular weight is 477 g/mol. The lowest BCUT2D eigenvalue weighted by Gasteiger charge is -2.32. The van der Waals surface area contributed by atoms with Gasteiger partial charge in [0.2, 0.25) is 15.9 Å². The van der Waals surface area contributed by atoms with Crippen LogP contribution in [-0.4, -0.2) is 57.4 Å². The fraction of sp³-hybridized carbons (Fsp3) is 0.409. The molecule has 0 saturated carbocycles. The molecule has 10 nitrogen and oxygen atoms in total. The van der Waals surface area contributed by atoms with Crippen LogP contribution in [0.3, 0.4) is 0 Å². The van der Waals surface area contributed by atoms with Crippen molar-refractivity contribution in [2.75, 3.05) is 38.6 Å². The van der Waals surface area contributed by atoms with E-state index in [2.05, 4.69) is 10.0 Å². The summed E-state index contributed by atoms with van der Waals surface area (Å²) in [4.78, 5) is 25.1. The van der Waals surface area contributed by atoms with Crippen LogP contribution in [0.1, 0.15) is 18.4 Å². The average Bonchev–Trinajstić information content (AvgIpc) is 2.78. The molecule has 33 heavy (non-hydrogen) atoms. The number of sulfonamides is 1. The van der Waals surface area contributed by atoms with Crippen LogP contribution in [0.5, 0.6) is 5.75 Å². The minimum atomic E-state index is -3.58. The van der Waals surface area contributed by atoms with Gasteiger partial charge in [-0.05, 0) is 50.4 Å². The summed E-state index contributed by atoms with van der Waals surface area (Å²) in [5, 5.41) is 13.7. The zero-order valence-corrected chi connectivity index (χ0v) is 19.4. The standard InChI is InChI=1S/C22H28N4O6S/c1-16-5-8-19(9-6-16)33(30,31)23-13-17-4-3-11-25(14-17)15-22(27)24-20-10-7-18(26(28)29)12-21(20)32-2/h5-10,12,17,23H,3-4,11,13-15H2,1-2H3,(H,24,27). The van der Waals surface area contributed by atoms with Crippen molar-refractivity contribution >= 4 is 27.3 Å². The second-order valence-electron chi connectivity index (χ2n) is 8.10. The first-order chi connectivity index (χ1) is 15.7. The van der Waals surface area contributed by atoms with E-state index in [1.54, 1.807) is 24.3 Å². The summed E-state index contributed by atoms with van der Waals surface area (Å²) in [7, 11) is -2.21. The molecule has 3 rings (SSSR count). The topological polar surface area (TPSA) is 131 Å². The fourth-order valence-corrected chi connectivity index (χ4v) is 4.90. The number of likely N-dealkylation sites (tertiary alicyclic amines) is 1. The van der Waals surface area contributed by atoms with Gasteiger partial charge in [-0.15, -0.1) is 0 Å². The van der Waals surface area contributed by atoms with Gasteiger partial charge < -0.3 is 10.1 Å². The van der Waals surface area contributed by atoms with Gasteiger partial charge in [0, 0.05) is 19.2 Å². The number of ether oxygens (including phenoxy) is 1. The van der Waals surface area contributed by atoms with Crippen LogP contribution >= 0.6 is 0 Å². The van der Waals surface area contributed by atoms with Crippen molar-refractivity contribution in [2.45, 2.75) is 24.7 Å². The summed E-state index contributed by atoms with van der Waals surface area (Å²) in [6, 6.07) is 10.7. The van der Waals surface area contributed by atoms with Gasteiger partial charge in [-0.2, -0.15) is 0 Å². The zero-order chi connectivity index (χ0) is 24.0. The van der Waals surface area contributed by atoms with Gasteiger partial charge >= 0.3 is 0 Å². The number of carbonyl (C=O) groups is 1. The first-order valence-corrected chi connectivity index (χ1v) is 12.1. The first kappa shape index (κ1) is 24.6. The number of aryl methyl sites for hydroxylation is 1. The molecular weight excluding hydrogens is 448 g/mol. The number of nitrogens with one attached hydrogen (secondary N) is 2. The third-order valence-corrected chi connectivity index (χ3v) is 6.97. The van der Waals surface area contributed by atoms with Crippen LogP contribution in [-0.2, 0) is 14.8 Å². The number of amides is 1. The van der Waals surface area contributed by atoms with Gasteiger partial charge in [0.25, 0.3) is 5.69 Å². The molecule has 0 bridgehead atoms. The Bertz CT molecular complexity index is 1100. The van der Waals surface area contributed by atoms with Gasteiger partial charge in [0.15, 0.2) is 0 Å². The van der Waals surface area contributed by atoms with Crippen molar-refractivity contribution in [1.82, 2.24) is 9.62 Å². The van der Waals surface area contributed by atoms with E-state index in [1.807, 2.05) is 11.8 Å². The Kier molecular flexibility index (Phi) is 8.01. The van der Waals surface area contributed by atoms with Crippen LogP contribution < -0.4 is 14.8 Å². The highest BCUT2D eigenvalue weighted by molar-refractivity contribution is 7.89. The molecule has 2 aromatic rings. The van der Waals surface area contributed by atoms with Crippen molar-refractivity contribution in [1.29, 1.82) is 0 Å². The molecule has 1 fully saturated rings. The van der Waals surface area contributed by atoms with E-state index < -0.39 is 14.9 Å². The number of nitrogens with zero attached hydrogens (tertiary/aromatic N) is 2. The van der Waals surface area contributed by atoms with Crippen LogP contribution in [0.4, 0.5) is 11.4 Å². The third-order valence-electron chi connectivity index (χ3n) is 5.53. The maximum atomic E-state index is 12.6. The van der Waals surface area contributed by atoms with Crippen molar-refractivity contribution in [2.24, 2.45) is 5.92 Å². The Morgan fingerprint density at radius 3 is 2.64 bits per heavy atom. The van der Waals surface area contributed by atoms with E-state index in [-0.39, 0.29) is 34.7 Å². The maximum Gasteiger partial charge on any atom is 0.273 e. The third kappa shape index (κ3) is 6.73. The smallest absolute Gasteiger partial charge is 0.273 e. The van der Waals surface area contributed by atoms with Crippen molar-refractivity contribution < 1.29 is 22.9 Å². The highest BCUT2D eigenvalue weighted by atomic mass is 32.2. The molecule has 1 aliphatic rings. The summed E-state index contributed by atoms with van der Waals surface area (Å²) in [5.74, 6) is 0.0170. The molecule has 11 heteroatoms. The van der Waals surface area contributed by atoms with E-state index in [0.29, 0.717) is 18.8 Å². The van der Waals surface area contributed by atoms with Gasteiger partial charge in [0.1, 0.15) is 5.75 Å². The molecule has 1 unspecified atom stereocenters. The number of hydrogen-bond acceptors (Lipinski definition) is 7. The normalized spacial score (nSPS) is 16.8. The molecule has 0 aromatic heterocycles. The van der Waals surface area contributed by atoms with E-state index in [4.69, 9.17) is 4.74 Å². The number of methoxy groups -OCH3 is 1. The van der Waals surface area contributed by atoms with Crippen LogP contribution in [0.15, 0.2) is 47.4 Å². The molecule has 0 radical (unpaired) electrons. The Morgan fingerprint density at radius 1 is 1.24 bits per heavy atom. The van der Waals surface area contributed by atoms with E-state index >= 15 is 0 Å². The number of non-ortho nitro benzene ring substituents is 1. The molecular formula is C22H28N4O6S. The molecule has 1 saturated heterocycles. The minimum Gasteiger partial charge on any atom is -0.494 e. The molecule has 1 aliphatic heterocycles. The van der Waals surface area contributed by atoms with Crippen molar-refractivity contribution in [3.63, 3.8) is 0 Å². The molecule has 1 atom stereocenters. The Labute approximate surface area is 193 Å².